The summed E-state index contributed by atoms with van der Waals surface area (Å²) >= 11 is 4.67. The second-order valence-electron chi connectivity index (χ2n) is 9.97. The van der Waals surface area contributed by atoms with Crippen molar-refractivity contribution in [1.29, 1.82) is 0 Å². The molecular formula is C27H26BrF3N2O2S. The van der Waals surface area contributed by atoms with Gasteiger partial charge in [0.1, 0.15) is 5.00 Å². The van der Waals surface area contributed by atoms with Crippen LogP contribution in [-0.4, -0.2) is 11.8 Å². The number of thiophene rings is 1. The maximum absolute atomic E-state index is 13.5. The maximum atomic E-state index is 13.5. The van der Waals surface area contributed by atoms with Crippen LogP contribution in [0.4, 0.5) is 23.9 Å². The van der Waals surface area contributed by atoms with E-state index in [1.807, 2.05) is 0 Å². The van der Waals surface area contributed by atoms with Crippen LogP contribution in [0, 0.1) is 11.3 Å². The van der Waals surface area contributed by atoms with E-state index in [1.54, 1.807) is 24.3 Å². The first-order valence-corrected chi connectivity index (χ1v) is 13.1. The van der Waals surface area contributed by atoms with Gasteiger partial charge < -0.3 is 10.6 Å². The van der Waals surface area contributed by atoms with Crippen LogP contribution in [0.3, 0.4) is 0 Å². The molecule has 1 heterocycles. The monoisotopic (exact) mass is 578 g/mol. The van der Waals surface area contributed by atoms with Crippen molar-refractivity contribution in [2.75, 3.05) is 10.6 Å². The van der Waals surface area contributed by atoms with E-state index in [1.165, 1.54) is 29.5 Å². The van der Waals surface area contributed by atoms with Crippen molar-refractivity contribution in [3.63, 3.8) is 0 Å². The zero-order chi connectivity index (χ0) is 26.3. The predicted molar refractivity (Wildman–Crippen MR) is 141 cm³/mol. The first-order chi connectivity index (χ1) is 16.8. The fourth-order valence-corrected chi connectivity index (χ4v) is 6.04. The molecule has 0 saturated heterocycles. The zero-order valence-electron chi connectivity index (χ0n) is 20.1. The molecule has 3 aromatic rings. The fraction of sp³-hybridized carbons (Fsp3) is 0.333. The SMILES string of the molecule is CC(C)(C)C1CCc2c(sc(NC(=O)c3ccc(Br)cc3)c2C(=O)Nc2ccccc2C(F)(F)F)C1. The van der Waals surface area contributed by atoms with Crippen LogP contribution in [0.5, 0.6) is 0 Å². The van der Waals surface area contributed by atoms with Gasteiger partial charge in [-0.2, -0.15) is 13.2 Å². The molecule has 4 rings (SSSR count). The Kier molecular flexibility index (Phi) is 7.35. The molecule has 4 nitrogen and oxygen atoms in total. The summed E-state index contributed by atoms with van der Waals surface area (Å²) in [5, 5.41) is 5.66. The summed E-state index contributed by atoms with van der Waals surface area (Å²) in [4.78, 5) is 27.4. The van der Waals surface area contributed by atoms with Gasteiger partial charge >= 0.3 is 6.18 Å². The highest BCUT2D eigenvalue weighted by molar-refractivity contribution is 9.10. The number of anilines is 2. The molecule has 1 aromatic heterocycles. The van der Waals surface area contributed by atoms with E-state index in [0.29, 0.717) is 22.9 Å². The second-order valence-corrected chi connectivity index (χ2v) is 12.0. The zero-order valence-corrected chi connectivity index (χ0v) is 22.5. The number of para-hydroxylation sites is 1. The van der Waals surface area contributed by atoms with Crippen molar-refractivity contribution in [3.05, 3.63) is 80.1 Å². The number of rotatable bonds is 4. The lowest BCUT2D eigenvalue weighted by Gasteiger charge is -2.33. The van der Waals surface area contributed by atoms with E-state index in [0.717, 1.165) is 33.8 Å². The molecule has 9 heteroatoms. The Morgan fingerprint density at radius 3 is 2.28 bits per heavy atom. The summed E-state index contributed by atoms with van der Waals surface area (Å²) in [7, 11) is 0. The lowest BCUT2D eigenvalue weighted by Crippen LogP contribution is -2.27. The van der Waals surface area contributed by atoms with Crippen molar-refractivity contribution in [1.82, 2.24) is 0 Å². The minimum Gasteiger partial charge on any atom is -0.321 e. The summed E-state index contributed by atoms with van der Waals surface area (Å²) in [6, 6.07) is 11.7. The van der Waals surface area contributed by atoms with Gasteiger partial charge in [-0.05, 0) is 72.6 Å². The highest BCUT2D eigenvalue weighted by atomic mass is 79.9. The van der Waals surface area contributed by atoms with Crippen LogP contribution in [0.25, 0.3) is 0 Å². The van der Waals surface area contributed by atoms with E-state index >= 15 is 0 Å². The number of hydrogen-bond donors (Lipinski definition) is 2. The van der Waals surface area contributed by atoms with Crippen LogP contribution in [0.1, 0.15) is 63.9 Å². The molecule has 0 radical (unpaired) electrons. The van der Waals surface area contributed by atoms with Gasteiger partial charge in [-0.3, -0.25) is 9.59 Å². The van der Waals surface area contributed by atoms with Gasteiger partial charge in [0.2, 0.25) is 0 Å². The minimum atomic E-state index is -4.61. The normalized spacial score (nSPS) is 15.8. The summed E-state index contributed by atoms with van der Waals surface area (Å²) < 4.78 is 41.4. The summed E-state index contributed by atoms with van der Waals surface area (Å²) in [5.41, 5.74) is 0.278. The lowest BCUT2D eigenvalue weighted by molar-refractivity contribution is -0.136. The Bertz CT molecular complexity index is 1290. The first-order valence-electron chi connectivity index (χ1n) is 11.5. The number of alkyl halides is 3. The number of halogens is 4. The molecule has 2 aromatic carbocycles. The second kappa shape index (κ2) is 10.0. The Hall–Kier alpha value is -2.65. The number of fused-ring (bicyclic) bond motifs is 1. The van der Waals surface area contributed by atoms with Gasteiger partial charge in [-0.1, -0.05) is 48.8 Å². The van der Waals surface area contributed by atoms with Crippen LogP contribution in [-0.2, 0) is 19.0 Å². The third kappa shape index (κ3) is 5.67. The molecule has 1 unspecified atom stereocenters. The van der Waals surface area contributed by atoms with E-state index in [2.05, 4.69) is 47.3 Å². The number of benzene rings is 2. The summed E-state index contributed by atoms with van der Waals surface area (Å²) in [6.07, 6.45) is -2.40. The molecule has 1 atom stereocenters. The Morgan fingerprint density at radius 2 is 1.64 bits per heavy atom. The smallest absolute Gasteiger partial charge is 0.321 e. The van der Waals surface area contributed by atoms with E-state index in [-0.39, 0.29) is 16.7 Å². The van der Waals surface area contributed by atoms with Crippen LogP contribution in [0.2, 0.25) is 0 Å². The molecule has 0 fully saturated rings. The number of nitrogens with one attached hydrogen (secondary N) is 2. The molecule has 0 aliphatic heterocycles. The molecule has 2 N–H and O–H groups in total. The quantitative estimate of drug-likeness (QED) is 0.328. The van der Waals surface area contributed by atoms with Crippen molar-refractivity contribution in [2.45, 2.75) is 46.2 Å². The lowest BCUT2D eigenvalue weighted by atomic mass is 9.72. The van der Waals surface area contributed by atoms with Crippen LogP contribution in [0.15, 0.2) is 53.0 Å². The average molecular weight is 579 g/mol. The summed E-state index contributed by atoms with van der Waals surface area (Å²) in [5.74, 6) is -0.664. The first kappa shape index (κ1) is 26.4. The molecule has 1 aliphatic rings. The van der Waals surface area contributed by atoms with Gasteiger partial charge in [0.25, 0.3) is 11.8 Å². The highest BCUT2D eigenvalue weighted by Crippen LogP contribution is 2.45. The molecule has 36 heavy (non-hydrogen) atoms. The van der Waals surface area contributed by atoms with Crippen molar-refractivity contribution < 1.29 is 22.8 Å². The van der Waals surface area contributed by atoms with E-state index in [4.69, 9.17) is 0 Å². The molecule has 0 spiro atoms. The minimum absolute atomic E-state index is 0.0661. The fourth-order valence-electron chi connectivity index (χ4n) is 4.45. The largest absolute Gasteiger partial charge is 0.418 e. The van der Waals surface area contributed by atoms with Crippen molar-refractivity contribution in [3.8, 4) is 0 Å². The number of hydrogen-bond acceptors (Lipinski definition) is 3. The Balaban J connectivity index is 1.71. The van der Waals surface area contributed by atoms with Gasteiger partial charge in [0.15, 0.2) is 0 Å². The van der Waals surface area contributed by atoms with Gasteiger partial charge in [0.05, 0.1) is 16.8 Å². The molecule has 190 valence electrons. The average Bonchev–Trinajstić information content (AvgIpc) is 3.15. The molecule has 0 saturated carbocycles. The standard InChI is InChI=1S/C27H26BrF3N2O2S/c1-26(2,3)16-10-13-18-21(14-16)36-25(33-23(34)15-8-11-17(28)12-9-15)22(18)24(35)32-20-7-5-4-6-19(20)27(29,30)31/h4-9,11-12,16H,10,13-14H2,1-3H3,(H,32,35)(H,33,34). The number of carbonyl (C=O) groups excluding carboxylic acids is 2. The summed E-state index contributed by atoms with van der Waals surface area (Å²) in [6.45, 7) is 6.52. The van der Waals surface area contributed by atoms with Crippen molar-refractivity contribution in [2.24, 2.45) is 11.3 Å². The predicted octanol–water partition coefficient (Wildman–Crippen LogP) is 8.19. The van der Waals surface area contributed by atoms with E-state index < -0.39 is 23.6 Å². The number of amides is 2. The molecule has 2 amide bonds. The van der Waals surface area contributed by atoms with Crippen molar-refractivity contribution >= 4 is 49.8 Å². The van der Waals surface area contributed by atoms with Gasteiger partial charge in [-0.25, -0.2) is 0 Å². The third-order valence-corrected chi connectivity index (χ3v) is 8.23. The molecule has 0 bridgehead atoms. The molecule has 1 aliphatic carbocycles. The topological polar surface area (TPSA) is 58.2 Å². The highest BCUT2D eigenvalue weighted by Gasteiger charge is 2.36. The van der Waals surface area contributed by atoms with Crippen LogP contribution < -0.4 is 10.6 Å². The van der Waals surface area contributed by atoms with Crippen LogP contribution >= 0.6 is 27.3 Å². The Labute approximate surface area is 220 Å². The Morgan fingerprint density at radius 1 is 0.972 bits per heavy atom. The maximum Gasteiger partial charge on any atom is 0.418 e. The molecular weight excluding hydrogens is 553 g/mol. The third-order valence-electron chi connectivity index (χ3n) is 6.53. The van der Waals surface area contributed by atoms with E-state index in [9.17, 15) is 22.8 Å². The number of carbonyl (C=O) groups is 2. The van der Waals surface area contributed by atoms with Gasteiger partial charge in [0, 0.05) is 14.9 Å². The van der Waals surface area contributed by atoms with Gasteiger partial charge in [-0.15, -0.1) is 11.3 Å².